The second-order valence-electron chi connectivity index (χ2n) is 4.06. The highest BCUT2D eigenvalue weighted by Gasteiger charge is 2.35. The Morgan fingerprint density at radius 2 is 2.05 bits per heavy atom. The van der Waals surface area contributed by atoms with E-state index < -0.39 is 11.3 Å². The van der Waals surface area contributed by atoms with Crippen molar-refractivity contribution in [3.63, 3.8) is 0 Å². The van der Waals surface area contributed by atoms with Crippen molar-refractivity contribution in [2.24, 2.45) is 0 Å². The van der Waals surface area contributed by atoms with Gasteiger partial charge in [-0.15, -0.1) is 0 Å². The minimum Gasteiger partial charge on any atom is -0.331 e. The molecule has 0 atom stereocenters. The number of hydrogen-bond donors (Lipinski definition) is 0. The zero-order chi connectivity index (χ0) is 15.5. The average Bonchev–Trinajstić information content (AvgIpc) is 2.95. The third kappa shape index (κ3) is 4.01. The molecule has 0 bridgehead atoms. The minimum absolute atomic E-state index is 0.00717. The van der Waals surface area contributed by atoms with Crippen LogP contribution in [0.5, 0.6) is 0 Å². The lowest BCUT2D eigenvalue weighted by Crippen LogP contribution is -2.03. The molecule has 1 heterocycles. The molecule has 4 nitrogen and oxygen atoms in total. The van der Waals surface area contributed by atoms with Crippen LogP contribution in [0.25, 0.3) is 11.4 Å². The van der Waals surface area contributed by atoms with Crippen molar-refractivity contribution in [1.82, 2.24) is 10.1 Å². The molecule has 21 heavy (non-hydrogen) atoms. The van der Waals surface area contributed by atoms with E-state index in [2.05, 4.69) is 14.7 Å². The van der Waals surface area contributed by atoms with Gasteiger partial charge in [0.25, 0.3) is 0 Å². The predicted octanol–water partition coefficient (Wildman–Crippen LogP) is 3.96. The first-order valence-electron chi connectivity index (χ1n) is 6.04. The van der Waals surface area contributed by atoms with Crippen LogP contribution in [0.1, 0.15) is 23.2 Å². The minimum atomic E-state index is -3.70. The van der Waals surface area contributed by atoms with Gasteiger partial charge >= 0.3 is 11.3 Å². The van der Waals surface area contributed by atoms with Gasteiger partial charge in [-0.3, -0.25) is 4.79 Å². The maximum atomic E-state index is 12.8. The molecule has 2 aromatic rings. The molecular formula is C13H11ClF2N2O2S. The van der Waals surface area contributed by atoms with Gasteiger partial charge in [-0.1, -0.05) is 36.3 Å². The number of halogens is 3. The molecule has 2 rings (SSSR count). The molecule has 0 amide bonds. The molecule has 0 fully saturated rings. The van der Waals surface area contributed by atoms with Gasteiger partial charge in [-0.2, -0.15) is 25.5 Å². The molecule has 0 saturated heterocycles. The Balaban J connectivity index is 2.15. The van der Waals surface area contributed by atoms with E-state index in [4.69, 9.17) is 11.6 Å². The standard InChI is InChI=1S/C13H11ClF2N2O2S/c1-2-21-7-10(19)8-3-5-9(6-4-8)11-17-12(20-18-11)13(14,15)16/h3-6H,2,7H2,1H3. The maximum Gasteiger partial charge on any atom is 0.400 e. The van der Waals surface area contributed by atoms with E-state index in [1.165, 1.54) is 11.8 Å². The highest BCUT2D eigenvalue weighted by Crippen LogP contribution is 2.32. The summed E-state index contributed by atoms with van der Waals surface area (Å²) in [4.78, 5) is 15.3. The molecule has 0 aliphatic carbocycles. The van der Waals surface area contributed by atoms with E-state index in [9.17, 15) is 13.6 Å². The molecule has 0 spiro atoms. The summed E-state index contributed by atoms with van der Waals surface area (Å²) in [6.07, 6.45) is 0. The summed E-state index contributed by atoms with van der Waals surface area (Å²) in [5.74, 6) is 0.309. The third-order valence-corrected chi connectivity index (χ3v) is 3.61. The number of rotatable bonds is 6. The molecule has 0 aliphatic rings. The van der Waals surface area contributed by atoms with Crippen LogP contribution in [0.4, 0.5) is 8.78 Å². The van der Waals surface area contributed by atoms with Crippen LogP contribution < -0.4 is 0 Å². The Morgan fingerprint density at radius 3 is 2.57 bits per heavy atom. The number of hydrogen-bond acceptors (Lipinski definition) is 5. The summed E-state index contributed by atoms with van der Waals surface area (Å²) in [5, 5.41) is -0.258. The molecule has 1 aromatic heterocycles. The van der Waals surface area contributed by atoms with Crippen molar-refractivity contribution in [3.05, 3.63) is 35.7 Å². The number of carbonyl (C=O) groups is 1. The molecule has 0 aliphatic heterocycles. The number of ketones is 1. The van der Waals surface area contributed by atoms with Gasteiger partial charge in [-0.25, -0.2) is 0 Å². The van der Waals surface area contributed by atoms with E-state index in [0.29, 0.717) is 16.9 Å². The topological polar surface area (TPSA) is 56.0 Å². The summed E-state index contributed by atoms with van der Waals surface area (Å²) < 4.78 is 30.0. The molecule has 0 radical (unpaired) electrons. The Kier molecular flexibility index (Phi) is 4.95. The lowest BCUT2D eigenvalue weighted by molar-refractivity contribution is 0.0551. The average molecular weight is 333 g/mol. The van der Waals surface area contributed by atoms with Crippen molar-refractivity contribution in [1.29, 1.82) is 0 Å². The van der Waals surface area contributed by atoms with E-state index in [0.717, 1.165) is 5.75 Å². The van der Waals surface area contributed by atoms with Crippen molar-refractivity contribution >= 4 is 29.1 Å². The second-order valence-corrected chi connectivity index (χ2v) is 5.81. The summed E-state index contributed by atoms with van der Waals surface area (Å²) in [5.41, 5.74) is 1.01. The van der Waals surface area contributed by atoms with Gasteiger partial charge in [0.2, 0.25) is 5.82 Å². The van der Waals surface area contributed by atoms with Gasteiger partial charge in [0.15, 0.2) is 5.78 Å². The van der Waals surface area contributed by atoms with E-state index in [-0.39, 0.29) is 11.6 Å². The zero-order valence-corrected chi connectivity index (χ0v) is 12.5. The summed E-state index contributed by atoms with van der Waals surface area (Å²) >= 11 is 6.33. The third-order valence-electron chi connectivity index (χ3n) is 2.57. The van der Waals surface area contributed by atoms with Crippen molar-refractivity contribution in [2.75, 3.05) is 11.5 Å². The first-order chi connectivity index (χ1) is 9.91. The van der Waals surface area contributed by atoms with Gasteiger partial charge in [-0.05, 0) is 17.4 Å². The van der Waals surface area contributed by atoms with Crippen LogP contribution in [0.15, 0.2) is 28.8 Å². The fraction of sp³-hybridized carbons (Fsp3) is 0.308. The lowest BCUT2D eigenvalue weighted by Gasteiger charge is -2.01. The molecular weight excluding hydrogens is 322 g/mol. The Hall–Kier alpha value is -1.47. The Bertz CT molecular complexity index is 626. The number of thioether (sulfide) groups is 1. The van der Waals surface area contributed by atoms with Crippen LogP contribution in [0.3, 0.4) is 0 Å². The molecule has 8 heteroatoms. The quantitative estimate of drug-likeness (QED) is 0.592. The number of benzene rings is 1. The molecule has 0 saturated carbocycles. The largest absolute Gasteiger partial charge is 0.400 e. The number of aromatic nitrogens is 2. The van der Waals surface area contributed by atoms with Crippen LogP contribution >= 0.6 is 23.4 Å². The van der Waals surface area contributed by atoms with Crippen molar-refractivity contribution in [3.8, 4) is 11.4 Å². The van der Waals surface area contributed by atoms with Crippen molar-refractivity contribution in [2.45, 2.75) is 12.3 Å². The molecule has 112 valence electrons. The zero-order valence-electron chi connectivity index (χ0n) is 11.0. The summed E-state index contributed by atoms with van der Waals surface area (Å²) in [6, 6.07) is 6.35. The SMILES string of the molecule is CCSCC(=O)c1ccc(-c2noc(C(F)(F)Cl)n2)cc1. The van der Waals surface area contributed by atoms with Gasteiger partial charge in [0.1, 0.15) is 0 Å². The van der Waals surface area contributed by atoms with E-state index in [1.807, 2.05) is 6.92 Å². The number of alkyl halides is 3. The maximum absolute atomic E-state index is 12.8. The van der Waals surface area contributed by atoms with E-state index in [1.54, 1.807) is 24.3 Å². The first-order valence-corrected chi connectivity index (χ1v) is 7.57. The molecule has 1 aromatic carbocycles. The van der Waals surface area contributed by atoms with E-state index >= 15 is 0 Å². The van der Waals surface area contributed by atoms with Gasteiger partial charge < -0.3 is 4.52 Å². The fourth-order valence-corrected chi connectivity index (χ4v) is 2.17. The summed E-state index contributed by atoms with van der Waals surface area (Å²) in [6.45, 7) is 1.97. The van der Waals surface area contributed by atoms with Crippen LogP contribution in [-0.2, 0) is 5.38 Å². The highest BCUT2D eigenvalue weighted by molar-refractivity contribution is 7.99. The van der Waals surface area contributed by atoms with Crippen LogP contribution in [0.2, 0.25) is 0 Å². The Morgan fingerprint density at radius 1 is 1.38 bits per heavy atom. The first kappa shape index (κ1) is 15.9. The van der Waals surface area contributed by atoms with Crippen molar-refractivity contribution < 1.29 is 18.1 Å². The monoisotopic (exact) mass is 332 g/mol. The highest BCUT2D eigenvalue weighted by atomic mass is 35.5. The molecule has 0 unspecified atom stereocenters. The number of Topliss-reactive ketones (excluding diaryl/α,β-unsaturated/α-hetero) is 1. The fourth-order valence-electron chi connectivity index (χ4n) is 1.54. The van der Waals surface area contributed by atoms with Crippen LogP contribution in [-0.4, -0.2) is 27.4 Å². The predicted molar refractivity (Wildman–Crippen MR) is 76.8 cm³/mol. The van der Waals surface area contributed by atoms with Gasteiger partial charge in [0, 0.05) is 11.1 Å². The molecule has 0 N–H and O–H groups in total. The normalized spacial score (nSPS) is 11.6. The number of carbonyl (C=O) groups excluding carboxylic acids is 1. The Labute approximate surface area is 128 Å². The number of nitrogens with zero attached hydrogens (tertiary/aromatic N) is 2. The van der Waals surface area contributed by atoms with Gasteiger partial charge in [0.05, 0.1) is 5.75 Å². The van der Waals surface area contributed by atoms with Crippen LogP contribution in [0, 0.1) is 0 Å². The smallest absolute Gasteiger partial charge is 0.331 e. The summed E-state index contributed by atoms with van der Waals surface area (Å²) in [7, 11) is 0. The lowest BCUT2D eigenvalue weighted by atomic mass is 10.1. The second kappa shape index (κ2) is 6.53.